The minimum absolute atomic E-state index is 0.0478. The molecule has 0 aliphatic heterocycles. The molecule has 2 aromatic carbocycles. The SMILES string of the molecule is COC(=O)c1nn(Cc2c(Cl)cccc2Cl)c(=O)c2ccccc12. The first-order chi connectivity index (χ1) is 11.5. The zero-order chi connectivity index (χ0) is 17.3. The number of esters is 1. The van der Waals surface area contributed by atoms with E-state index in [4.69, 9.17) is 27.9 Å². The number of hydrogen-bond donors (Lipinski definition) is 0. The van der Waals surface area contributed by atoms with Gasteiger partial charge in [0.15, 0.2) is 5.69 Å². The van der Waals surface area contributed by atoms with Crippen LogP contribution in [0.3, 0.4) is 0 Å². The fourth-order valence-corrected chi connectivity index (χ4v) is 2.94. The monoisotopic (exact) mass is 362 g/mol. The van der Waals surface area contributed by atoms with Crippen molar-refractivity contribution in [1.82, 2.24) is 9.78 Å². The molecular weight excluding hydrogens is 351 g/mol. The fraction of sp³-hybridized carbons (Fsp3) is 0.118. The van der Waals surface area contributed by atoms with E-state index in [1.54, 1.807) is 42.5 Å². The minimum atomic E-state index is -0.620. The molecule has 0 saturated heterocycles. The highest BCUT2D eigenvalue weighted by Gasteiger charge is 2.18. The number of methoxy groups -OCH3 is 1. The van der Waals surface area contributed by atoms with Crippen LogP contribution < -0.4 is 5.56 Å². The summed E-state index contributed by atoms with van der Waals surface area (Å²) in [6.45, 7) is 0.0478. The summed E-state index contributed by atoms with van der Waals surface area (Å²) in [5.41, 5.74) is 0.284. The minimum Gasteiger partial charge on any atom is -0.464 e. The van der Waals surface area contributed by atoms with Crippen LogP contribution >= 0.6 is 23.2 Å². The Morgan fingerprint density at radius 2 is 1.71 bits per heavy atom. The Morgan fingerprint density at radius 3 is 2.33 bits per heavy atom. The van der Waals surface area contributed by atoms with Gasteiger partial charge in [-0.25, -0.2) is 9.48 Å². The summed E-state index contributed by atoms with van der Waals surface area (Å²) in [5, 5.41) is 5.81. The second-order valence-electron chi connectivity index (χ2n) is 5.05. The zero-order valence-electron chi connectivity index (χ0n) is 12.6. The third kappa shape index (κ3) is 2.88. The number of benzene rings is 2. The number of nitrogens with zero attached hydrogens (tertiary/aromatic N) is 2. The summed E-state index contributed by atoms with van der Waals surface area (Å²) in [5.74, 6) is -0.620. The van der Waals surface area contributed by atoms with Gasteiger partial charge in [0, 0.05) is 21.0 Å². The predicted molar refractivity (Wildman–Crippen MR) is 92.9 cm³/mol. The van der Waals surface area contributed by atoms with E-state index in [-0.39, 0.29) is 17.8 Å². The maximum Gasteiger partial charge on any atom is 0.359 e. The summed E-state index contributed by atoms with van der Waals surface area (Å²) in [6, 6.07) is 11.8. The highest BCUT2D eigenvalue weighted by molar-refractivity contribution is 6.35. The van der Waals surface area contributed by atoms with E-state index in [0.717, 1.165) is 0 Å². The molecule has 7 heteroatoms. The summed E-state index contributed by atoms with van der Waals surface area (Å²) in [7, 11) is 1.26. The number of carbonyl (C=O) groups excluding carboxylic acids is 1. The molecule has 0 spiro atoms. The van der Waals surface area contributed by atoms with Crippen LogP contribution in [0.4, 0.5) is 0 Å². The molecule has 1 heterocycles. The number of fused-ring (bicyclic) bond motifs is 1. The topological polar surface area (TPSA) is 61.2 Å². The largest absolute Gasteiger partial charge is 0.464 e. The Balaban J connectivity index is 2.24. The lowest BCUT2D eigenvalue weighted by atomic mass is 10.1. The number of rotatable bonds is 3. The van der Waals surface area contributed by atoms with E-state index >= 15 is 0 Å². The Kier molecular flexibility index (Phi) is 4.55. The van der Waals surface area contributed by atoms with Gasteiger partial charge in [-0.1, -0.05) is 47.5 Å². The van der Waals surface area contributed by atoms with Crippen molar-refractivity contribution in [2.75, 3.05) is 7.11 Å². The first kappa shape index (κ1) is 16.5. The molecule has 0 N–H and O–H groups in total. The molecule has 0 saturated carbocycles. The van der Waals surface area contributed by atoms with Gasteiger partial charge in [-0.2, -0.15) is 5.10 Å². The molecule has 0 amide bonds. The molecule has 1 aromatic heterocycles. The van der Waals surface area contributed by atoms with Gasteiger partial charge in [0.05, 0.1) is 19.0 Å². The third-order valence-corrected chi connectivity index (χ3v) is 4.32. The van der Waals surface area contributed by atoms with Crippen molar-refractivity contribution in [2.45, 2.75) is 6.54 Å². The van der Waals surface area contributed by atoms with Crippen LogP contribution in [0.15, 0.2) is 47.3 Å². The van der Waals surface area contributed by atoms with Gasteiger partial charge >= 0.3 is 5.97 Å². The quantitative estimate of drug-likeness (QED) is 0.668. The maximum atomic E-state index is 12.7. The van der Waals surface area contributed by atoms with E-state index in [9.17, 15) is 9.59 Å². The van der Waals surface area contributed by atoms with Crippen molar-refractivity contribution in [1.29, 1.82) is 0 Å². The van der Waals surface area contributed by atoms with Crippen LogP contribution in [0.2, 0.25) is 10.0 Å². The van der Waals surface area contributed by atoms with Crippen LogP contribution in [0.1, 0.15) is 16.1 Å². The van der Waals surface area contributed by atoms with Crippen molar-refractivity contribution in [3.8, 4) is 0 Å². The summed E-state index contributed by atoms with van der Waals surface area (Å²) in [4.78, 5) is 24.7. The van der Waals surface area contributed by atoms with Gasteiger partial charge in [0.25, 0.3) is 5.56 Å². The van der Waals surface area contributed by atoms with Gasteiger partial charge in [0.2, 0.25) is 0 Å². The van der Waals surface area contributed by atoms with E-state index in [1.807, 2.05) is 0 Å². The van der Waals surface area contributed by atoms with Crippen molar-refractivity contribution >= 4 is 39.9 Å². The van der Waals surface area contributed by atoms with Gasteiger partial charge in [-0.3, -0.25) is 4.79 Å². The van der Waals surface area contributed by atoms with Crippen molar-refractivity contribution < 1.29 is 9.53 Å². The van der Waals surface area contributed by atoms with Crippen LogP contribution in [0, 0.1) is 0 Å². The van der Waals surface area contributed by atoms with Crippen molar-refractivity contribution in [3.63, 3.8) is 0 Å². The highest BCUT2D eigenvalue weighted by Crippen LogP contribution is 2.25. The molecule has 5 nitrogen and oxygen atoms in total. The number of carbonyl (C=O) groups is 1. The van der Waals surface area contributed by atoms with Crippen LogP contribution in [-0.4, -0.2) is 22.9 Å². The average Bonchev–Trinajstić information content (AvgIpc) is 2.59. The molecule has 122 valence electrons. The highest BCUT2D eigenvalue weighted by atomic mass is 35.5. The Bertz CT molecular complexity index is 979. The van der Waals surface area contributed by atoms with Gasteiger partial charge in [-0.05, 0) is 18.2 Å². The first-order valence-corrected chi connectivity index (χ1v) is 7.79. The third-order valence-electron chi connectivity index (χ3n) is 3.62. The summed E-state index contributed by atoms with van der Waals surface area (Å²) >= 11 is 12.3. The fourth-order valence-electron chi connectivity index (χ4n) is 2.42. The molecule has 0 bridgehead atoms. The van der Waals surface area contributed by atoms with Gasteiger partial charge in [-0.15, -0.1) is 0 Å². The van der Waals surface area contributed by atoms with Crippen molar-refractivity contribution in [2.24, 2.45) is 0 Å². The number of aromatic nitrogens is 2. The van der Waals surface area contributed by atoms with E-state index < -0.39 is 5.97 Å². The number of hydrogen-bond acceptors (Lipinski definition) is 4. The maximum absolute atomic E-state index is 12.7. The van der Waals surface area contributed by atoms with Gasteiger partial charge < -0.3 is 4.74 Å². The first-order valence-electron chi connectivity index (χ1n) is 7.04. The smallest absolute Gasteiger partial charge is 0.359 e. The Hall–Kier alpha value is -2.37. The number of halogens is 2. The Labute approximate surface area is 147 Å². The molecule has 3 aromatic rings. The van der Waals surface area contributed by atoms with Crippen molar-refractivity contribution in [3.05, 3.63) is 74.1 Å². The average molecular weight is 363 g/mol. The second kappa shape index (κ2) is 6.63. The molecule has 0 atom stereocenters. The number of ether oxygens (including phenoxy) is 1. The zero-order valence-corrected chi connectivity index (χ0v) is 14.1. The lowest BCUT2D eigenvalue weighted by molar-refractivity contribution is 0.0593. The standard InChI is InChI=1S/C17H12Cl2N2O3/c1-24-17(23)15-10-5-2-3-6-11(10)16(22)21(20-15)9-12-13(18)7-4-8-14(12)19/h2-8H,9H2,1H3. The van der Waals surface area contributed by atoms with Crippen LogP contribution in [0.5, 0.6) is 0 Å². The molecule has 0 aliphatic carbocycles. The molecule has 24 heavy (non-hydrogen) atoms. The second-order valence-corrected chi connectivity index (χ2v) is 5.86. The molecule has 0 radical (unpaired) electrons. The summed E-state index contributed by atoms with van der Waals surface area (Å²) in [6.07, 6.45) is 0. The van der Waals surface area contributed by atoms with Crippen LogP contribution in [-0.2, 0) is 11.3 Å². The lowest BCUT2D eigenvalue weighted by Crippen LogP contribution is -2.27. The van der Waals surface area contributed by atoms with E-state index in [1.165, 1.54) is 11.8 Å². The molecule has 0 unspecified atom stereocenters. The Morgan fingerprint density at radius 1 is 1.08 bits per heavy atom. The lowest BCUT2D eigenvalue weighted by Gasteiger charge is -2.11. The van der Waals surface area contributed by atoms with Crippen LogP contribution in [0.25, 0.3) is 10.8 Å². The molecule has 3 rings (SSSR count). The normalized spacial score (nSPS) is 10.8. The summed E-state index contributed by atoms with van der Waals surface area (Å²) < 4.78 is 5.94. The van der Waals surface area contributed by atoms with E-state index in [2.05, 4.69) is 5.10 Å². The van der Waals surface area contributed by atoms with E-state index in [0.29, 0.717) is 26.4 Å². The predicted octanol–water partition coefficient (Wildman–Crippen LogP) is 3.54. The van der Waals surface area contributed by atoms with Gasteiger partial charge in [0.1, 0.15) is 0 Å². The molecular formula is C17H12Cl2N2O3. The molecule has 0 fully saturated rings. The molecule has 0 aliphatic rings.